The van der Waals surface area contributed by atoms with Crippen molar-refractivity contribution in [2.45, 2.75) is 53.4 Å². The zero-order valence-electron chi connectivity index (χ0n) is 14.4. The number of hydrogen-bond acceptors (Lipinski definition) is 0. The Morgan fingerprint density at radius 2 is 1.32 bits per heavy atom. The molecule has 2 aromatic rings. The van der Waals surface area contributed by atoms with E-state index in [1.54, 1.807) is 0 Å². The molecule has 0 atom stereocenters. The average Bonchev–Trinajstić information content (AvgIpc) is 2.38. The van der Waals surface area contributed by atoms with Gasteiger partial charge in [-0.25, -0.2) is 0 Å². The van der Waals surface area contributed by atoms with Crippen molar-refractivity contribution in [3.8, 4) is 0 Å². The van der Waals surface area contributed by atoms with Crippen LogP contribution in [0.2, 0.25) is 10.0 Å². The van der Waals surface area contributed by atoms with E-state index < -0.39 is 0 Å². The van der Waals surface area contributed by atoms with Crippen LogP contribution in [0, 0.1) is 13.8 Å². The Bertz CT molecular complexity index is 593. The molecule has 0 heterocycles. The van der Waals surface area contributed by atoms with Crippen molar-refractivity contribution in [2.75, 3.05) is 0 Å². The van der Waals surface area contributed by atoms with Crippen LogP contribution in [-0.4, -0.2) is 0 Å². The lowest BCUT2D eigenvalue weighted by atomic mass is 9.97. The predicted molar refractivity (Wildman–Crippen MR) is 101 cm³/mol. The van der Waals surface area contributed by atoms with E-state index in [9.17, 15) is 0 Å². The molecule has 0 aliphatic carbocycles. The highest BCUT2D eigenvalue weighted by atomic mass is 35.5. The second-order valence-electron chi connectivity index (χ2n) is 6.30. The molecule has 2 rings (SSSR count). The van der Waals surface area contributed by atoms with Crippen LogP contribution in [0.5, 0.6) is 0 Å². The predicted octanol–water partition coefficient (Wildman–Crippen LogP) is 7.54. The van der Waals surface area contributed by atoms with Gasteiger partial charge in [0.2, 0.25) is 0 Å². The molecule has 0 saturated heterocycles. The first-order valence-corrected chi connectivity index (χ1v) is 8.50. The molecule has 0 aliphatic rings. The van der Waals surface area contributed by atoms with Crippen LogP contribution in [-0.2, 0) is 0 Å². The molecule has 22 heavy (non-hydrogen) atoms. The van der Waals surface area contributed by atoms with Crippen molar-refractivity contribution in [1.29, 1.82) is 0 Å². The molecule has 120 valence electrons. The van der Waals surface area contributed by atoms with Gasteiger partial charge in [0.15, 0.2) is 0 Å². The highest BCUT2D eigenvalue weighted by Crippen LogP contribution is 2.30. The Kier molecular flexibility index (Phi) is 7.45. The van der Waals surface area contributed by atoms with Gasteiger partial charge in [-0.3, -0.25) is 0 Å². The van der Waals surface area contributed by atoms with Gasteiger partial charge in [-0.2, -0.15) is 0 Å². The maximum absolute atomic E-state index is 5.94. The lowest BCUT2D eigenvalue weighted by Crippen LogP contribution is -1.91. The zero-order valence-corrected chi connectivity index (χ0v) is 15.9. The summed E-state index contributed by atoms with van der Waals surface area (Å²) in [5, 5.41) is 1.51. The number of halogens is 2. The van der Waals surface area contributed by atoms with Gasteiger partial charge in [0, 0.05) is 10.0 Å². The van der Waals surface area contributed by atoms with Crippen LogP contribution in [0.25, 0.3) is 0 Å². The second kappa shape index (κ2) is 8.60. The summed E-state index contributed by atoms with van der Waals surface area (Å²) in [5.74, 6) is 1.03. The Balaban J connectivity index is 0.000000220. The number of benzene rings is 2. The molecule has 0 bridgehead atoms. The van der Waals surface area contributed by atoms with Gasteiger partial charge in [-0.1, -0.05) is 80.7 Å². The number of rotatable bonds is 2. The minimum Gasteiger partial charge on any atom is -0.0840 e. The third-order valence-corrected chi connectivity index (χ3v) is 4.28. The third-order valence-electron chi connectivity index (χ3n) is 3.62. The standard InChI is InChI=1S/C11H16.C9H10Cl2/c1-8(2)11-6-5-9(3)7-10(11)4;1-6(2)9-7(10)4-3-5-8(9)11/h5-8H,1-4H3;3-6H,1-2H3. The maximum Gasteiger partial charge on any atom is 0.0455 e. The van der Waals surface area contributed by atoms with Gasteiger partial charge >= 0.3 is 0 Å². The van der Waals surface area contributed by atoms with Gasteiger partial charge in [0.25, 0.3) is 0 Å². The first-order valence-electron chi connectivity index (χ1n) is 7.75. The summed E-state index contributed by atoms with van der Waals surface area (Å²) in [7, 11) is 0. The van der Waals surface area contributed by atoms with E-state index in [1.165, 1.54) is 16.7 Å². The SMILES string of the molecule is CC(C)c1c(Cl)cccc1Cl.Cc1ccc(C(C)C)c(C)c1. The van der Waals surface area contributed by atoms with Crippen molar-refractivity contribution < 1.29 is 0 Å². The molecular weight excluding hydrogens is 311 g/mol. The minimum absolute atomic E-state index is 0.385. The van der Waals surface area contributed by atoms with Crippen molar-refractivity contribution in [3.63, 3.8) is 0 Å². The normalized spacial score (nSPS) is 10.6. The quantitative estimate of drug-likeness (QED) is 0.531. The molecule has 0 unspecified atom stereocenters. The fourth-order valence-corrected chi connectivity index (χ4v) is 3.37. The average molecular weight is 337 g/mol. The molecule has 0 spiro atoms. The maximum atomic E-state index is 5.94. The van der Waals surface area contributed by atoms with Gasteiger partial charge in [0.1, 0.15) is 0 Å². The van der Waals surface area contributed by atoms with Crippen LogP contribution in [0.3, 0.4) is 0 Å². The van der Waals surface area contributed by atoms with Crippen LogP contribution in [0.15, 0.2) is 36.4 Å². The Morgan fingerprint density at radius 3 is 1.68 bits per heavy atom. The monoisotopic (exact) mass is 336 g/mol. The first-order chi connectivity index (χ1) is 10.2. The van der Waals surface area contributed by atoms with Crippen molar-refractivity contribution in [3.05, 3.63) is 68.7 Å². The third kappa shape index (κ3) is 5.34. The summed E-state index contributed by atoms with van der Waals surface area (Å²) in [5.41, 5.74) is 5.28. The van der Waals surface area contributed by atoms with Crippen LogP contribution in [0.4, 0.5) is 0 Å². The fourth-order valence-electron chi connectivity index (χ4n) is 2.54. The lowest BCUT2D eigenvalue weighted by molar-refractivity contribution is 0.855. The molecule has 0 nitrogen and oxygen atoms in total. The Labute approximate surface area is 145 Å². The highest BCUT2D eigenvalue weighted by Gasteiger charge is 2.08. The van der Waals surface area contributed by atoms with E-state index in [-0.39, 0.29) is 0 Å². The van der Waals surface area contributed by atoms with Gasteiger partial charge in [0.05, 0.1) is 0 Å². The summed E-state index contributed by atoms with van der Waals surface area (Å²) in [6.07, 6.45) is 0. The van der Waals surface area contributed by atoms with E-state index in [1.807, 2.05) is 18.2 Å². The molecule has 2 aromatic carbocycles. The topological polar surface area (TPSA) is 0 Å². The molecule has 0 fully saturated rings. The van der Waals surface area contributed by atoms with E-state index >= 15 is 0 Å². The second-order valence-corrected chi connectivity index (χ2v) is 7.12. The van der Waals surface area contributed by atoms with Crippen molar-refractivity contribution >= 4 is 23.2 Å². The molecule has 0 saturated carbocycles. The van der Waals surface area contributed by atoms with Gasteiger partial charge in [-0.15, -0.1) is 0 Å². The summed E-state index contributed by atoms with van der Waals surface area (Å²) in [4.78, 5) is 0. The minimum atomic E-state index is 0.385. The largest absolute Gasteiger partial charge is 0.0840 e. The van der Waals surface area contributed by atoms with E-state index in [0.29, 0.717) is 11.8 Å². The summed E-state index contributed by atoms with van der Waals surface area (Å²) in [6.45, 7) is 12.9. The Hall–Kier alpha value is -0.980. The van der Waals surface area contributed by atoms with Crippen LogP contribution < -0.4 is 0 Å². The lowest BCUT2D eigenvalue weighted by Gasteiger charge is -2.09. The van der Waals surface area contributed by atoms with Crippen molar-refractivity contribution in [1.82, 2.24) is 0 Å². The molecular formula is C20H26Cl2. The zero-order chi connectivity index (χ0) is 16.9. The number of hydrogen-bond donors (Lipinski definition) is 0. The van der Waals surface area contributed by atoms with E-state index in [0.717, 1.165) is 15.6 Å². The molecule has 0 aromatic heterocycles. The first kappa shape index (κ1) is 19.1. The summed E-state index contributed by atoms with van der Waals surface area (Å²) >= 11 is 11.9. The van der Waals surface area contributed by atoms with Crippen LogP contribution in [0.1, 0.15) is 61.8 Å². The molecule has 0 amide bonds. The van der Waals surface area contributed by atoms with E-state index in [2.05, 4.69) is 59.7 Å². The molecule has 0 radical (unpaired) electrons. The molecule has 2 heteroatoms. The summed E-state index contributed by atoms with van der Waals surface area (Å²) < 4.78 is 0. The highest BCUT2D eigenvalue weighted by molar-refractivity contribution is 6.36. The van der Waals surface area contributed by atoms with Gasteiger partial charge in [-0.05, 0) is 54.5 Å². The van der Waals surface area contributed by atoms with Crippen molar-refractivity contribution in [2.24, 2.45) is 0 Å². The molecule has 0 N–H and O–H groups in total. The number of aryl methyl sites for hydroxylation is 2. The molecule has 0 aliphatic heterocycles. The fraction of sp³-hybridized carbons (Fsp3) is 0.400. The smallest absolute Gasteiger partial charge is 0.0455 e. The van der Waals surface area contributed by atoms with Crippen LogP contribution >= 0.6 is 23.2 Å². The summed E-state index contributed by atoms with van der Waals surface area (Å²) in [6, 6.07) is 12.2. The van der Waals surface area contributed by atoms with E-state index in [4.69, 9.17) is 23.2 Å². The van der Waals surface area contributed by atoms with Gasteiger partial charge < -0.3 is 0 Å². The Morgan fingerprint density at radius 1 is 0.773 bits per heavy atom.